The van der Waals surface area contributed by atoms with Gasteiger partial charge in [-0.05, 0) is 37.1 Å². The van der Waals surface area contributed by atoms with Crippen molar-refractivity contribution in [3.8, 4) is 6.07 Å². The number of benzene rings is 1. The van der Waals surface area contributed by atoms with E-state index in [9.17, 15) is 4.79 Å². The van der Waals surface area contributed by atoms with Crippen molar-refractivity contribution in [2.75, 3.05) is 20.3 Å². The molecule has 138 valence electrons. The van der Waals surface area contributed by atoms with Gasteiger partial charge in [0.05, 0.1) is 24.4 Å². The first-order valence-electron chi connectivity index (χ1n) is 8.65. The van der Waals surface area contributed by atoms with Crippen molar-refractivity contribution < 1.29 is 9.53 Å². The van der Waals surface area contributed by atoms with Crippen molar-refractivity contribution in [2.45, 2.75) is 20.3 Å². The topological polar surface area (TPSA) is 92.3 Å². The molecule has 1 N–H and O–H groups in total. The van der Waals surface area contributed by atoms with Crippen molar-refractivity contribution in [1.29, 1.82) is 5.26 Å². The molecule has 0 atom stereocenters. The van der Waals surface area contributed by atoms with E-state index in [1.54, 1.807) is 17.7 Å². The van der Waals surface area contributed by atoms with E-state index in [1.165, 1.54) is 6.20 Å². The zero-order valence-electron chi connectivity index (χ0n) is 15.6. The molecule has 0 saturated heterocycles. The number of rotatable bonds is 6. The molecule has 7 heteroatoms. The van der Waals surface area contributed by atoms with Gasteiger partial charge in [0.2, 0.25) is 0 Å². The second kappa shape index (κ2) is 7.98. The van der Waals surface area contributed by atoms with E-state index in [0.717, 1.165) is 22.5 Å². The van der Waals surface area contributed by atoms with E-state index in [-0.39, 0.29) is 5.91 Å². The maximum atomic E-state index is 12.4. The van der Waals surface area contributed by atoms with Crippen molar-refractivity contribution in [1.82, 2.24) is 19.9 Å². The fraction of sp³-hybridized carbons (Fsp3) is 0.300. The van der Waals surface area contributed by atoms with Crippen LogP contribution >= 0.6 is 0 Å². The van der Waals surface area contributed by atoms with Crippen LogP contribution in [0.25, 0.3) is 5.65 Å². The number of aromatic nitrogens is 3. The summed E-state index contributed by atoms with van der Waals surface area (Å²) < 4.78 is 6.65. The van der Waals surface area contributed by atoms with Crippen LogP contribution in [-0.4, -0.2) is 40.8 Å². The van der Waals surface area contributed by atoms with Gasteiger partial charge in [-0.25, -0.2) is 9.50 Å². The van der Waals surface area contributed by atoms with Crippen molar-refractivity contribution in [3.63, 3.8) is 0 Å². The molecule has 0 saturated carbocycles. The zero-order chi connectivity index (χ0) is 19.4. The molecule has 27 heavy (non-hydrogen) atoms. The number of carbonyl (C=O) groups is 1. The summed E-state index contributed by atoms with van der Waals surface area (Å²) in [7, 11) is 1.59. The third-order valence-corrected chi connectivity index (χ3v) is 4.48. The van der Waals surface area contributed by atoms with Crippen LogP contribution in [0.5, 0.6) is 0 Å². The van der Waals surface area contributed by atoms with Gasteiger partial charge in [-0.15, -0.1) is 0 Å². The molecule has 1 amide bonds. The molecule has 0 unspecified atom stereocenters. The van der Waals surface area contributed by atoms with Gasteiger partial charge in [0.15, 0.2) is 5.65 Å². The molecule has 0 radical (unpaired) electrons. The summed E-state index contributed by atoms with van der Waals surface area (Å²) >= 11 is 0. The summed E-state index contributed by atoms with van der Waals surface area (Å²) in [6, 6.07) is 9.69. The van der Waals surface area contributed by atoms with E-state index in [4.69, 9.17) is 10.00 Å². The number of hydrogen-bond donors (Lipinski definition) is 1. The minimum absolute atomic E-state index is 0.220. The smallest absolute Gasteiger partial charge is 0.256 e. The van der Waals surface area contributed by atoms with Crippen LogP contribution in [-0.2, 0) is 11.2 Å². The van der Waals surface area contributed by atoms with Gasteiger partial charge in [0.1, 0.15) is 5.56 Å². The molecule has 0 aliphatic heterocycles. The number of nitrogens with one attached hydrogen (secondary N) is 1. The number of hydrogen-bond acceptors (Lipinski definition) is 5. The van der Waals surface area contributed by atoms with E-state index < -0.39 is 0 Å². The molecule has 3 aromatic rings. The van der Waals surface area contributed by atoms with E-state index >= 15 is 0 Å². The number of amides is 1. The Morgan fingerprint density at radius 3 is 2.93 bits per heavy atom. The Kier molecular flexibility index (Phi) is 5.48. The van der Waals surface area contributed by atoms with Crippen molar-refractivity contribution >= 4 is 11.6 Å². The Hall–Kier alpha value is -3.24. The zero-order valence-corrected chi connectivity index (χ0v) is 15.6. The van der Waals surface area contributed by atoms with E-state index in [0.29, 0.717) is 36.3 Å². The average Bonchev–Trinajstić information content (AvgIpc) is 3.09. The molecule has 3 rings (SSSR count). The van der Waals surface area contributed by atoms with Gasteiger partial charge in [0.25, 0.3) is 5.91 Å². The van der Waals surface area contributed by atoms with Crippen LogP contribution in [0.1, 0.15) is 38.4 Å². The first-order valence-corrected chi connectivity index (χ1v) is 8.65. The monoisotopic (exact) mass is 363 g/mol. The lowest BCUT2D eigenvalue weighted by Crippen LogP contribution is -2.27. The summed E-state index contributed by atoms with van der Waals surface area (Å²) in [5.74, 6) is -0.220. The third kappa shape index (κ3) is 3.81. The van der Waals surface area contributed by atoms with Gasteiger partial charge in [-0.2, -0.15) is 10.4 Å². The summed E-state index contributed by atoms with van der Waals surface area (Å²) in [6.07, 6.45) is 2.18. The summed E-state index contributed by atoms with van der Waals surface area (Å²) in [5, 5.41) is 16.2. The summed E-state index contributed by atoms with van der Waals surface area (Å²) in [5.41, 5.74) is 5.44. The lowest BCUT2D eigenvalue weighted by Gasteiger charge is -2.12. The number of aryl methyl sites for hydroxylation is 2. The lowest BCUT2D eigenvalue weighted by atomic mass is 10.0. The molecule has 0 aliphatic rings. The fourth-order valence-corrected chi connectivity index (χ4v) is 3.04. The maximum absolute atomic E-state index is 12.4. The maximum Gasteiger partial charge on any atom is 0.256 e. The number of nitrogens with zero attached hydrogens (tertiary/aromatic N) is 4. The lowest BCUT2D eigenvalue weighted by molar-refractivity contribution is 0.0938. The Morgan fingerprint density at radius 1 is 1.37 bits per heavy atom. The molecular weight excluding hydrogens is 342 g/mol. The quantitative estimate of drug-likeness (QED) is 0.678. The molecular formula is C20H21N5O2. The highest BCUT2D eigenvalue weighted by Gasteiger charge is 2.18. The SMILES string of the molecule is COCCNC(=O)c1cnn2c(C)c(Cc3cccc(C#N)c3)c(C)nc12. The summed E-state index contributed by atoms with van der Waals surface area (Å²) in [4.78, 5) is 17.0. The molecule has 0 fully saturated rings. The highest BCUT2D eigenvalue weighted by molar-refractivity contribution is 5.99. The van der Waals surface area contributed by atoms with Gasteiger partial charge >= 0.3 is 0 Å². The fourth-order valence-electron chi connectivity index (χ4n) is 3.04. The number of methoxy groups -OCH3 is 1. The van der Waals surface area contributed by atoms with Crippen LogP contribution in [0.3, 0.4) is 0 Å². The summed E-state index contributed by atoms with van der Waals surface area (Å²) in [6.45, 7) is 4.77. The Labute approximate surface area is 157 Å². The molecule has 0 aliphatic carbocycles. The number of fused-ring (bicyclic) bond motifs is 1. The van der Waals surface area contributed by atoms with Gasteiger partial charge in [-0.1, -0.05) is 12.1 Å². The molecule has 0 spiro atoms. The van der Waals surface area contributed by atoms with Crippen molar-refractivity contribution in [2.24, 2.45) is 0 Å². The third-order valence-electron chi connectivity index (χ3n) is 4.48. The minimum Gasteiger partial charge on any atom is -0.383 e. The standard InChI is InChI=1S/C20H21N5O2/c1-13-17(10-15-5-4-6-16(9-15)11-21)14(2)25-19(24-13)18(12-23-25)20(26)22-7-8-27-3/h4-6,9,12H,7-8,10H2,1-3H3,(H,22,26). The number of nitriles is 1. The van der Waals surface area contributed by atoms with Gasteiger partial charge < -0.3 is 10.1 Å². The number of ether oxygens (including phenoxy) is 1. The Bertz CT molecular complexity index is 1030. The molecule has 1 aromatic carbocycles. The predicted molar refractivity (Wildman–Crippen MR) is 101 cm³/mol. The van der Waals surface area contributed by atoms with Crippen LogP contribution in [0, 0.1) is 25.2 Å². The van der Waals surface area contributed by atoms with Crippen LogP contribution in [0.15, 0.2) is 30.5 Å². The molecule has 0 bridgehead atoms. The second-order valence-corrected chi connectivity index (χ2v) is 6.29. The van der Waals surface area contributed by atoms with E-state index in [1.807, 2.05) is 32.0 Å². The Balaban J connectivity index is 1.95. The number of carbonyl (C=O) groups excluding carboxylic acids is 1. The van der Waals surface area contributed by atoms with Gasteiger partial charge in [0, 0.05) is 31.5 Å². The highest BCUT2D eigenvalue weighted by Crippen LogP contribution is 2.20. The molecule has 7 nitrogen and oxygen atoms in total. The van der Waals surface area contributed by atoms with E-state index in [2.05, 4.69) is 21.5 Å². The predicted octanol–water partition coefficient (Wildman–Crippen LogP) is 2.18. The van der Waals surface area contributed by atoms with Crippen LogP contribution in [0.4, 0.5) is 0 Å². The van der Waals surface area contributed by atoms with Crippen molar-refractivity contribution in [3.05, 3.63) is 64.1 Å². The first-order chi connectivity index (χ1) is 13.0. The van der Waals surface area contributed by atoms with Gasteiger partial charge in [-0.3, -0.25) is 4.79 Å². The van der Waals surface area contributed by atoms with Crippen LogP contribution in [0.2, 0.25) is 0 Å². The second-order valence-electron chi connectivity index (χ2n) is 6.29. The van der Waals surface area contributed by atoms with Crippen LogP contribution < -0.4 is 5.32 Å². The average molecular weight is 363 g/mol. The normalized spacial score (nSPS) is 10.7. The molecule has 2 heterocycles. The Morgan fingerprint density at radius 2 is 2.19 bits per heavy atom. The highest BCUT2D eigenvalue weighted by atomic mass is 16.5. The first kappa shape index (κ1) is 18.5. The largest absolute Gasteiger partial charge is 0.383 e. The minimum atomic E-state index is -0.220. The molecule has 2 aromatic heterocycles.